The summed E-state index contributed by atoms with van der Waals surface area (Å²) in [5.74, 6) is 0.862. The van der Waals surface area contributed by atoms with Crippen LogP contribution in [0.1, 0.15) is 61.3 Å². The van der Waals surface area contributed by atoms with Crippen LogP contribution in [0.4, 0.5) is 0 Å². The van der Waals surface area contributed by atoms with Crippen LogP contribution in [-0.2, 0) is 0 Å². The van der Waals surface area contributed by atoms with E-state index in [2.05, 4.69) is 39.9 Å². The number of nitrogens with one attached hydrogen (secondary N) is 1. The Morgan fingerprint density at radius 3 is 1.43 bits per heavy atom. The molecule has 0 radical (unpaired) electrons. The summed E-state index contributed by atoms with van der Waals surface area (Å²) in [4.78, 5) is 0. The summed E-state index contributed by atoms with van der Waals surface area (Å²) in [6, 6.07) is 0. The van der Waals surface area contributed by atoms with Crippen molar-refractivity contribution >= 4 is 0 Å². The van der Waals surface area contributed by atoms with Crippen molar-refractivity contribution in [3.63, 3.8) is 0 Å². The summed E-state index contributed by atoms with van der Waals surface area (Å²) < 4.78 is 0. The Labute approximate surface area is 89.8 Å². The van der Waals surface area contributed by atoms with Gasteiger partial charge in [-0.3, -0.25) is 0 Å². The Kier molecular flexibility index (Phi) is 6.68. The fourth-order valence-electron chi connectivity index (χ4n) is 2.83. The molecule has 0 atom stereocenters. The van der Waals surface area contributed by atoms with Crippen molar-refractivity contribution in [3.8, 4) is 0 Å². The second-order valence-electron chi connectivity index (χ2n) is 5.41. The van der Waals surface area contributed by atoms with E-state index in [1.165, 1.54) is 12.8 Å². The number of piperidine rings is 1. The lowest BCUT2D eigenvalue weighted by Gasteiger charge is -2.45. The molecule has 0 saturated carbocycles. The third-order valence-electron chi connectivity index (χ3n) is 2.39. The van der Waals surface area contributed by atoms with Gasteiger partial charge in [0.2, 0.25) is 0 Å². The normalized spacial score (nSPS) is 24.2. The van der Waals surface area contributed by atoms with Crippen LogP contribution in [0.25, 0.3) is 0 Å². The molecule has 0 bridgehead atoms. The average Bonchev–Trinajstić information content (AvgIpc) is 1.82. The van der Waals surface area contributed by atoms with Crippen LogP contribution in [0.15, 0.2) is 0 Å². The van der Waals surface area contributed by atoms with Crippen molar-refractivity contribution in [2.45, 2.75) is 72.4 Å². The number of rotatable bonds is 0. The van der Waals surface area contributed by atoms with Gasteiger partial charge < -0.3 is 10.8 Å². The monoisotopic (exact) mass is 203 g/mol. The highest BCUT2D eigenvalue weighted by atomic mass is 16.0. The minimum absolute atomic E-state index is 0. The molecule has 1 saturated heterocycles. The molecule has 0 aromatic carbocycles. The highest BCUT2D eigenvalue weighted by molar-refractivity contribution is 4.95. The maximum absolute atomic E-state index is 3.66. The molecule has 14 heavy (non-hydrogen) atoms. The van der Waals surface area contributed by atoms with E-state index in [0.29, 0.717) is 11.1 Å². The molecule has 3 N–H and O–H groups in total. The van der Waals surface area contributed by atoms with Gasteiger partial charge in [-0.15, -0.1) is 0 Å². The molecule has 0 unspecified atom stereocenters. The third-order valence-corrected chi connectivity index (χ3v) is 2.39. The van der Waals surface area contributed by atoms with Crippen LogP contribution in [0.5, 0.6) is 0 Å². The minimum atomic E-state index is 0. The van der Waals surface area contributed by atoms with E-state index in [1.807, 2.05) is 13.8 Å². The Bertz CT molecular complexity index is 136. The van der Waals surface area contributed by atoms with E-state index >= 15 is 0 Å². The standard InChI is InChI=1S/C10H21N.C2H6.H2O/c1-8-6-9(2,3)11-10(4,5)7-8;1-2;/h8,11H,6-7H2,1-5H3;1-2H3;1H2. The third kappa shape index (κ3) is 5.61. The first-order valence-corrected chi connectivity index (χ1v) is 5.60. The summed E-state index contributed by atoms with van der Waals surface area (Å²) in [7, 11) is 0. The van der Waals surface area contributed by atoms with Gasteiger partial charge in [0, 0.05) is 11.1 Å². The molecule has 1 rings (SSSR count). The highest BCUT2D eigenvalue weighted by Gasteiger charge is 2.35. The van der Waals surface area contributed by atoms with Gasteiger partial charge in [0.1, 0.15) is 0 Å². The second-order valence-corrected chi connectivity index (χ2v) is 5.41. The van der Waals surface area contributed by atoms with Crippen molar-refractivity contribution in [1.82, 2.24) is 5.32 Å². The SMILES string of the molecule is CC.CC1CC(C)(C)NC(C)(C)C1.O. The van der Waals surface area contributed by atoms with Gasteiger partial charge in [-0.2, -0.15) is 0 Å². The van der Waals surface area contributed by atoms with Gasteiger partial charge in [0.15, 0.2) is 0 Å². The lowest BCUT2D eigenvalue weighted by Crippen LogP contribution is -2.57. The first kappa shape index (κ1) is 16.4. The molecule has 0 aromatic rings. The maximum Gasteiger partial charge on any atom is 0.0132 e. The molecule has 1 aliphatic heterocycles. The van der Waals surface area contributed by atoms with E-state index in [1.54, 1.807) is 0 Å². The number of hydrogen-bond acceptors (Lipinski definition) is 1. The summed E-state index contributed by atoms with van der Waals surface area (Å²) >= 11 is 0. The molecule has 0 amide bonds. The highest BCUT2D eigenvalue weighted by Crippen LogP contribution is 2.31. The molecule has 1 aliphatic rings. The van der Waals surface area contributed by atoms with Crippen LogP contribution in [0.3, 0.4) is 0 Å². The van der Waals surface area contributed by atoms with Crippen molar-refractivity contribution in [3.05, 3.63) is 0 Å². The first-order chi connectivity index (χ1) is 5.81. The summed E-state index contributed by atoms with van der Waals surface area (Å²) in [5, 5.41) is 3.66. The molecule has 0 spiro atoms. The van der Waals surface area contributed by atoms with Crippen LogP contribution < -0.4 is 5.32 Å². The molecular weight excluding hydrogens is 174 g/mol. The predicted molar refractivity (Wildman–Crippen MR) is 64.7 cm³/mol. The van der Waals surface area contributed by atoms with E-state index in [9.17, 15) is 0 Å². The summed E-state index contributed by atoms with van der Waals surface area (Å²) in [6.07, 6.45) is 2.60. The fourth-order valence-corrected chi connectivity index (χ4v) is 2.83. The summed E-state index contributed by atoms with van der Waals surface area (Å²) in [6.45, 7) is 15.5. The van der Waals surface area contributed by atoms with Crippen molar-refractivity contribution < 1.29 is 5.48 Å². The van der Waals surface area contributed by atoms with Crippen molar-refractivity contribution in [1.29, 1.82) is 0 Å². The van der Waals surface area contributed by atoms with Gasteiger partial charge in [-0.05, 0) is 46.5 Å². The zero-order chi connectivity index (χ0) is 10.7. The van der Waals surface area contributed by atoms with Gasteiger partial charge in [-0.25, -0.2) is 0 Å². The second kappa shape index (κ2) is 5.72. The van der Waals surface area contributed by atoms with E-state index in [0.717, 1.165) is 5.92 Å². The molecule has 88 valence electrons. The van der Waals surface area contributed by atoms with Gasteiger partial charge in [-0.1, -0.05) is 20.8 Å². The largest absolute Gasteiger partial charge is 0.412 e. The van der Waals surface area contributed by atoms with Crippen molar-refractivity contribution in [2.24, 2.45) is 5.92 Å². The van der Waals surface area contributed by atoms with Gasteiger partial charge >= 0.3 is 0 Å². The number of hydrogen-bond donors (Lipinski definition) is 1. The van der Waals surface area contributed by atoms with Gasteiger partial charge in [0.25, 0.3) is 0 Å². The molecule has 0 aliphatic carbocycles. The zero-order valence-corrected chi connectivity index (χ0v) is 11.0. The molecular formula is C12H29NO. The van der Waals surface area contributed by atoms with Crippen LogP contribution in [0.2, 0.25) is 0 Å². The van der Waals surface area contributed by atoms with Crippen LogP contribution in [0, 0.1) is 5.92 Å². The molecule has 2 nitrogen and oxygen atoms in total. The first-order valence-electron chi connectivity index (χ1n) is 5.60. The van der Waals surface area contributed by atoms with Crippen LogP contribution >= 0.6 is 0 Å². The predicted octanol–water partition coefficient (Wildman–Crippen LogP) is 2.76. The maximum atomic E-state index is 3.66. The molecule has 1 heterocycles. The lowest BCUT2D eigenvalue weighted by molar-refractivity contribution is 0.138. The summed E-state index contributed by atoms with van der Waals surface area (Å²) in [5.41, 5.74) is 0.669. The molecule has 1 fully saturated rings. The minimum Gasteiger partial charge on any atom is -0.412 e. The van der Waals surface area contributed by atoms with E-state index in [-0.39, 0.29) is 5.48 Å². The topological polar surface area (TPSA) is 43.5 Å². The Hall–Kier alpha value is -0.0800. The van der Waals surface area contributed by atoms with E-state index in [4.69, 9.17) is 0 Å². The smallest absolute Gasteiger partial charge is 0.0132 e. The van der Waals surface area contributed by atoms with E-state index < -0.39 is 0 Å². The lowest BCUT2D eigenvalue weighted by atomic mass is 9.77. The van der Waals surface area contributed by atoms with Crippen LogP contribution in [-0.4, -0.2) is 16.6 Å². The van der Waals surface area contributed by atoms with Gasteiger partial charge in [0.05, 0.1) is 0 Å². The Morgan fingerprint density at radius 1 is 0.929 bits per heavy atom. The zero-order valence-electron chi connectivity index (χ0n) is 11.0. The molecule has 0 aromatic heterocycles. The Morgan fingerprint density at radius 2 is 1.21 bits per heavy atom. The fraction of sp³-hybridized carbons (Fsp3) is 1.00. The van der Waals surface area contributed by atoms with Crippen molar-refractivity contribution in [2.75, 3.05) is 0 Å². The Balaban J connectivity index is 0. The molecule has 2 heteroatoms. The quantitative estimate of drug-likeness (QED) is 0.646. The average molecular weight is 203 g/mol.